The highest BCUT2D eigenvalue weighted by molar-refractivity contribution is 5.97. The number of rotatable bonds is 6. The van der Waals surface area contributed by atoms with Crippen molar-refractivity contribution in [2.45, 2.75) is 13.0 Å². The van der Waals surface area contributed by atoms with Gasteiger partial charge in [0.05, 0.1) is 5.69 Å². The molecule has 1 aliphatic rings. The molecule has 0 radical (unpaired) electrons. The molecule has 0 aliphatic carbocycles. The molecule has 0 spiro atoms. The summed E-state index contributed by atoms with van der Waals surface area (Å²) in [5, 5.41) is 2.88. The van der Waals surface area contributed by atoms with Crippen molar-refractivity contribution < 1.29 is 14.3 Å². The van der Waals surface area contributed by atoms with Gasteiger partial charge in [-0.2, -0.15) is 0 Å². The fourth-order valence-electron chi connectivity index (χ4n) is 2.73. The van der Waals surface area contributed by atoms with Crippen LogP contribution in [0, 0.1) is 0 Å². The Labute approximate surface area is 158 Å². The van der Waals surface area contributed by atoms with Gasteiger partial charge in [0.1, 0.15) is 5.75 Å². The van der Waals surface area contributed by atoms with Gasteiger partial charge in [-0.3, -0.25) is 9.59 Å². The first-order valence-corrected chi connectivity index (χ1v) is 8.28. The van der Waals surface area contributed by atoms with Gasteiger partial charge >= 0.3 is 0 Å². The van der Waals surface area contributed by atoms with Gasteiger partial charge in [-0.15, -0.1) is 12.4 Å². The number of nitrogens with two attached hydrogens (primary N) is 1. The summed E-state index contributed by atoms with van der Waals surface area (Å²) in [5.41, 5.74) is 7.92. The van der Waals surface area contributed by atoms with Crippen molar-refractivity contribution in [1.29, 1.82) is 0 Å². The van der Waals surface area contributed by atoms with Crippen LogP contribution in [0.1, 0.15) is 22.3 Å². The van der Waals surface area contributed by atoms with E-state index < -0.39 is 0 Å². The first kappa shape index (κ1) is 19.8. The van der Waals surface area contributed by atoms with Crippen molar-refractivity contribution in [2.24, 2.45) is 5.73 Å². The standard InChI is InChI=1S/C19H21N3O3.ClH/c20-12-14-6-8-15(9-7-14)19(24)21-10-3-11-22-16-4-1-2-5-17(16)25-13-18(22)23;/h1-2,4-9H,3,10-13,20H2,(H,21,24);1H. The fraction of sp³-hybridized carbons (Fsp3) is 0.263. The molecule has 6 nitrogen and oxygen atoms in total. The third kappa shape index (κ3) is 4.53. The number of para-hydroxylation sites is 2. The van der Waals surface area contributed by atoms with Gasteiger partial charge < -0.3 is 20.7 Å². The summed E-state index contributed by atoms with van der Waals surface area (Å²) in [4.78, 5) is 25.9. The Bertz CT molecular complexity index is 765. The van der Waals surface area contributed by atoms with E-state index in [9.17, 15) is 9.59 Å². The first-order chi connectivity index (χ1) is 12.2. The number of carbonyl (C=O) groups is 2. The molecule has 3 N–H and O–H groups in total. The third-order valence-corrected chi connectivity index (χ3v) is 4.10. The quantitative estimate of drug-likeness (QED) is 0.757. The van der Waals surface area contributed by atoms with E-state index in [2.05, 4.69) is 5.32 Å². The van der Waals surface area contributed by atoms with Crippen LogP contribution in [-0.4, -0.2) is 31.5 Å². The summed E-state index contributed by atoms with van der Waals surface area (Å²) in [6.45, 7) is 1.53. The number of fused-ring (bicyclic) bond motifs is 1. The molecule has 2 aromatic carbocycles. The van der Waals surface area contributed by atoms with Crippen LogP contribution in [0.2, 0.25) is 0 Å². The van der Waals surface area contributed by atoms with E-state index in [0.717, 1.165) is 11.3 Å². The maximum Gasteiger partial charge on any atom is 0.265 e. The topological polar surface area (TPSA) is 84.7 Å². The summed E-state index contributed by atoms with van der Waals surface area (Å²) in [5.74, 6) is 0.519. The summed E-state index contributed by atoms with van der Waals surface area (Å²) in [6, 6.07) is 14.7. The van der Waals surface area contributed by atoms with E-state index in [0.29, 0.717) is 37.4 Å². The zero-order valence-corrected chi connectivity index (χ0v) is 15.1. The molecule has 0 bridgehead atoms. The zero-order valence-electron chi connectivity index (χ0n) is 14.3. The first-order valence-electron chi connectivity index (χ1n) is 8.28. The molecular formula is C19H22ClN3O3. The van der Waals surface area contributed by atoms with Crippen LogP contribution in [0.4, 0.5) is 5.69 Å². The van der Waals surface area contributed by atoms with Crippen LogP contribution in [-0.2, 0) is 11.3 Å². The number of nitrogens with one attached hydrogen (secondary N) is 1. The largest absolute Gasteiger partial charge is 0.482 e. The molecule has 3 rings (SSSR count). The van der Waals surface area contributed by atoms with Crippen molar-refractivity contribution in [3.63, 3.8) is 0 Å². The summed E-state index contributed by atoms with van der Waals surface area (Å²) in [7, 11) is 0. The molecule has 0 unspecified atom stereocenters. The molecule has 138 valence electrons. The molecule has 26 heavy (non-hydrogen) atoms. The van der Waals surface area contributed by atoms with Crippen molar-refractivity contribution in [1.82, 2.24) is 5.32 Å². The Kier molecular flexibility index (Phi) is 7.00. The Morgan fingerprint density at radius 2 is 1.88 bits per heavy atom. The predicted octanol–water partition coefficient (Wildman–Crippen LogP) is 2.11. The maximum atomic E-state index is 12.1. The minimum Gasteiger partial charge on any atom is -0.482 e. The predicted molar refractivity (Wildman–Crippen MR) is 103 cm³/mol. The van der Waals surface area contributed by atoms with Crippen LogP contribution < -0.4 is 20.7 Å². The van der Waals surface area contributed by atoms with E-state index in [1.807, 2.05) is 36.4 Å². The van der Waals surface area contributed by atoms with Crippen LogP contribution in [0.3, 0.4) is 0 Å². The van der Waals surface area contributed by atoms with Crippen molar-refractivity contribution in [3.8, 4) is 5.75 Å². The average Bonchev–Trinajstić information content (AvgIpc) is 2.66. The molecule has 2 aromatic rings. The SMILES string of the molecule is Cl.NCc1ccc(C(=O)NCCCN2C(=O)COc3ccccc32)cc1. The highest BCUT2D eigenvalue weighted by Crippen LogP contribution is 2.31. The average molecular weight is 376 g/mol. The molecular weight excluding hydrogens is 354 g/mol. The number of hydrogen-bond acceptors (Lipinski definition) is 4. The van der Waals surface area contributed by atoms with Crippen molar-refractivity contribution in [3.05, 3.63) is 59.7 Å². The van der Waals surface area contributed by atoms with Gasteiger partial charge in [0.25, 0.3) is 11.8 Å². The third-order valence-electron chi connectivity index (χ3n) is 4.10. The number of amides is 2. The minimum atomic E-state index is -0.128. The van der Waals surface area contributed by atoms with E-state index >= 15 is 0 Å². The number of benzene rings is 2. The van der Waals surface area contributed by atoms with Crippen LogP contribution in [0.15, 0.2) is 48.5 Å². The minimum absolute atomic E-state index is 0. The second kappa shape index (κ2) is 9.22. The molecule has 7 heteroatoms. The number of carbonyl (C=O) groups excluding carboxylic acids is 2. The Morgan fingerprint density at radius 3 is 2.62 bits per heavy atom. The molecule has 0 saturated heterocycles. The molecule has 0 fully saturated rings. The number of hydrogen-bond donors (Lipinski definition) is 2. The molecule has 0 atom stereocenters. The van der Waals surface area contributed by atoms with Gasteiger partial charge in [-0.25, -0.2) is 0 Å². The van der Waals surface area contributed by atoms with Crippen LogP contribution in [0.25, 0.3) is 0 Å². The van der Waals surface area contributed by atoms with Gasteiger partial charge in [0.15, 0.2) is 6.61 Å². The summed E-state index contributed by atoms with van der Waals surface area (Å²) in [6.07, 6.45) is 0.659. The number of ether oxygens (including phenoxy) is 1. The molecule has 1 aliphatic heterocycles. The van der Waals surface area contributed by atoms with Crippen molar-refractivity contribution >= 4 is 29.9 Å². The smallest absolute Gasteiger partial charge is 0.265 e. The lowest BCUT2D eigenvalue weighted by atomic mass is 10.1. The van der Waals surface area contributed by atoms with Crippen molar-refractivity contribution in [2.75, 3.05) is 24.6 Å². The number of anilines is 1. The Balaban J connectivity index is 0.00000243. The number of nitrogens with zero attached hydrogens (tertiary/aromatic N) is 1. The molecule has 0 aromatic heterocycles. The van der Waals surface area contributed by atoms with E-state index in [1.165, 1.54) is 0 Å². The van der Waals surface area contributed by atoms with E-state index in [4.69, 9.17) is 10.5 Å². The second-order valence-corrected chi connectivity index (χ2v) is 5.81. The zero-order chi connectivity index (χ0) is 17.6. The molecule has 2 amide bonds. The highest BCUT2D eigenvalue weighted by atomic mass is 35.5. The lowest BCUT2D eigenvalue weighted by Gasteiger charge is -2.29. The van der Waals surface area contributed by atoms with Crippen LogP contribution in [0.5, 0.6) is 5.75 Å². The lowest BCUT2D eigenvalue weighted by molar-refractivity contribution is -0.121. The van der Waals surface area contributed by atoms with E-state index in [1.54, 1.807) is 17.0 Å². The molecule has 0 saturated carbocycles. The van der Waals surface area contributed by atoms with Crippen LogP contribution >= 0.6 is 12.4 Å². The van der Waals surface area contributed by atoms with Gasteiger partial charge in [-0.1, -0.05) is 24.3 Å². The summed E-state index contributed by atoms with van der Waals surface area (Å²) >= 11 is 0. The maximum absolute atomic E-state index is 12.1. The van der Waals surface area contributed by atoms with Gasteiger partial charge in [-0.05, 0) is 36.2 Å². The lowest BCUT2D eigenvalue weighted by Crippen LogP contribution is -2.40. The van der Waals surface area contributed by atoms with Gasteiger partial charge in [0, 0.05) is 25.2 Å². The highest BCUT2D eigenvalue weighted by Gasteiger charge is 2.24. The van der Waals surface area contributed by atoms with Gasteiger partial charge in [0.2, 0.25) is 0 Å². The summed E-state index contributed by atoms with van der Waals surface area (Å²) < 4.78 is 5.42. The number of halogens is 1. The Hall–Kier alpha value is -2.57. The Morgan fingerprint density at radius 1 is 1.15 bits per heavy atom. The van der Waals surface area contributed by atoms with E-state index in [-0.39, 0.29) is 30.8 Å². The normalized spacial score (nSPS) is 12.7. The fourth-order valence-corrected chi connectivity index (χ4v) is 2.73. The monoisotopic (exact) mass is 375 g/mol. The second-order valence-electron chi connectivity index (χ2n) is 5.81. The molecule has 1 heterocycles.